The fourth-order valence-corrected chi connectivity index (χ4v) is 1.43. The van der Waals surface area contributed by atoms with Crippen molar-refractivity contribution < 1.29 is 9.63 Å². The van der Waals surface area contributed by atoms with Crippen molar-refractivity contribution in [1.29, 1.82) is 0 Å². The van der Waals surface area contributed by atoms with Gasteiger partial charge in [0.25, 0.3) is 0 Å². The summed E-state index contributed by atoms with van der Waals surface area (Å²) in [6.07, 6.45) is 1.55. The van der Waals surface area contributed by atoms with Gasteiger partial charge in [-0.3, -0.25) is 4.84 Å². The predicted molar refractivity (Wildman–Crippen MR) is 67.5 cm³/mol. The van der Waals surface area contributed by atoms with Gasteiger partial charge in [0.1, 0.15) is 0 Å². The number of hydroxylamine groups is 1. The largest absolute Gasteiger partial charge is 0.343 e. The van der Waals surface area contributed by atoms with E-state index in [0.717, 1.165) is 9.26 Å². The normalized spacial score (nSPS) is 9.40. The number of urea groups is 1. The van der Waals surface area contributed by atoms with Gasteiger partial charge in [0.05, 0.1) is 6.61 Å². The van der Waals surface area contributed by atoms with Gasteiger partial charge in [-0.05, 0) is 40.8 Å². The lowest BCUT2D eigenvalue weighted by Crippen LogP contribution is -2.28. The summed E-state index contributed by atoms with van der Waals surface area (Å²) in [6.45, 7) is 3.73. The third kappa shape index (κ3) is 4.80. The van der Waals surface area contributed by atoms with Crippen LogP contribution >= 0.6 is 22.6 Å². The van der Waals surface area contributed by atoms with E-state index in [9.17, 15) is 4.79 Å². The number of nitrogens with one attached hydrogen (secondary N) is 2. The van der Waals surface area contributed by atoms with Crippen molar-refractivity contribution in [2.45, 2.75) is 0 Å². The molecule has 0 saturated heterocycles. The van der Waals surface area contributed by atoms with E-state index in [2.05, 4.69) is 40.0 Å². The molecular weight excluding hydrogens is 307 g/mol. The number of hydrogen-bond acceptors (Lipinski definition) is 2. The van der Waals surface area contributed by atoms with Crippen LogP contribution in [-0.2, 0) is 4.84 Å². The summed E-state index contributed by atoms with van der Waals surface area (Å²) >= 11 is 2.17. The molecule has 0 aromatic heterocycles. The van der Waals surface area contributed by atoms with E-state index < -0.39 is 6.03 Å². The molecule has 0 unspecified atom stereocenters. The fraction of sp³-hybridized carbons (Fsp3) is 0.100. The number of rotatable bonds is 4. The molecule has 0 spiro atoms. The summed E-state index contributed by atoms with van der Waals surface area (Å²) in [4.78, 5) is 16.0. The number of carbonyl (C=O) groups excluding carboxylic acids is 1. The average Bonchev–Trinajstić information content (AvgIpc) is 2.18. The number of anilines is 1. The van der Waals surface area contributed by atoms with E-state index in [1.165, 1.54) is 0 Å². The number of carbonyl (C=O) groups is 1. The Morgan fingerprint density at radius 2 is 2.40 bits per heavy atom. The quantitative estimate of drug-likeness (QED) is 0.388. The maximum atomic E-state index is 11.2. The lowest BCUT2D eigenvalue weighted by Gasteiger charge is -2.06. The van der Waals surface area contributed by atoms with Crippen molar-refractivity contribution in [3.05, 3.63) is 40.5 Å². The van der Waals surface area contributed by atoms with Gasteiger partial charge in [0.15, 0.2) is 0 Å². The highest BCUT2D eigenvalue weighted by Gasteiger charge is 2.00. The second-order valence-electron chi connectivity index (χ2n) is 2.67. The molecule has 2 N–H and O–H groups in total. The van der Waals surface area contributed by atoms with Gasteiger partial charge in [0.2, 0.25) is 0 Å². The predicted octanol–water partition coefficient (Wildman–Crippen LogP) is 2.53. The fourth-order valence-electron chi connectivity index (χ4n) is 0.889. The lowest BCUT2D eigenvalue weighted by atomic mass is 10.3. The Kier molecular flexibility index (Phi) is 5.13. The van der Waals surface area contributed by atoms with Crippen LogP contribution in [0.25, 0.3) is 0 Å². The zero-order valence-corrected chi connectivity index (χ0v) is 10.2. The van der Waals surface area contributed by atoms with Crippen LogP contribution in [0.5, 0.6) is 0 Å². The zero-order chi connectivity index (χ0) is 11.1. The summed E-state index contributed by atoms with van der Waals surface area (Å²) in [5, 5.41) is 2.63. The Bertz CT molecular complexity index is 355. The van der Waals surface area contributed by atoms with Gasteiger partial charge < -0.3 is 5.32 Å². The topological polar surface area (TPSA) is 50.4 Å². The van der Waals surface area contributed by atoms with Crippen molar-refractivity contribution in [2.75, 3.05) is 11.9 Å². The summed E-state index contributed by atoms with van der Waals surface area (Å²) in [5.41, 5.74) is 2.95. The smallest absolute Gasteiger partial charge is 0.306 e. The van der Waals surface area contributed by atoms with Gasteiger partial charge in [0, 0.05) is 9.26 Å². The first kappa shape index (κ1) is 12.0. The molecule has 0 fully saturated rings. The first-order valence-electron chi connectivity index (χ1n) is 4.27. The second kappa shape index (κ2) is 6.41. The van der Waals surface area contributed by atoms with E-state index in [4.69, 9.17) is 4.84 Å². The standard InChI is InChI=1S/C10H11IN2O2/c1-2-6-15-13-10(14)12-9-5-3-4-8(11)7-9/h2-5,7H,1,6H2,(H2,12,13,14). The zero-order valence-electron chi connectivity index (χ0n) is 8.00. The molecule has 15 heavy (non-hydrogen) atoms. The molecule has 5 heteroatoms. The summed E-state index contributed by atoms with van der Waals surface area (Å²) in [5.74, 6) is 0. The third-order valence-electron chi connectivity index (χ3n) is 1.45. The average molecular weight is 318 g/mol. The maximum Gasteiger partial charge on any atom is 0.343 e. The molecule has 0 saturated carbocycles. The Morgan fingerprint density at radius 1 is 1.60 bits per heavy atom. The van der Waals surface area contributed by atoms with Gasteiger partial charge >= 0.3 is 6.03 Å². The summed E-state index contributed by atoms with van der Waals surface area (Å²) in [7, 11) is 0. The number of amides is 2. The number of hydrogen-bond donors (Lipinski definition) is 2. The molecule has 80 valence electrons. The molecule has 4 nitrogen and oxygen atoms in total. The van der Waals surface area contributed by atoms with Crippen LogP contribution in [0.4, 0.5) is 10.5 Å². The van der Waals surface area contributed by atoms with Gasteiger partial charge in [-0.25, -0.2) is 10.3 Å². The SMILES string of the molecule is C=CCONC(=O)Nc1cccc(I)c1. The molecule has 0 bridgehead atoms. The second-order valence-corrected chi connectivity index (χ2v) is 3.91. The van der Waals surface area contributed by atoms with Crippen molar-refractivity contribution in [3.63, 3.8) is 0 Å². The Hall–Kier alpha value is -1.08. The van der Waals surface area contributed by atoms with Crippen LogP contribution in [0.2, 0.25) is 0 Å². The highest BCUT2D eigenvalue weighted by Crippen LogP contribution is 2.11. The van der Waals surface area contributed by atoms with Crippen LogP contribution in [0.15, 0.2) is 36.9 Å². The molecular formula is C10H11IN2O2. The molecule has 0 aliphatic rings. The van der Waals surface area contributed by atoms with E-state index in [0.29, 0.717) is 0 Å². The van der Waals surface area contributed by atoms with Crippen molar-refractivity contribution >= 4 is 34.3 Å². The maximum absolute atomic E-state index is 11.2. The minimum absolute atomic E-state index is 0.278. The number of halogens is 1. The summed E-state index contributed by atoms with van der Waals surface area (Å²) < 4.78 is 1.05. The molecule has 0 radical (unpaired) electrons. The first-order valence-corrected chi connectivity index (χ1v) is 5.35. The van der Waals surface area contributed by atoms with E-state index in [-0.39, 0.29) is 6.61 Å². The number of benzene rings is 1. The van der Waals surface area contributed by atoms with E-state index in [1.807, 2.05) is 18.2 Å². The van der Waals surface area contributed by atoms with Crippen LogP contribution < -0.4 is 10.8 Å². The van der Waals surface area contributed by atoms with Gasteiger partial charge in [-0.15, -0.1) is 6.58 Å². The monoisotopic (exact) mass is 318 g/mol. The van der Waals surface area contributed by atoms with Gasteiger partial charge in [-0.2, -0.15) is 0 Å². The van der Waals surface area contributed by atoms with Crippen molar-refractivity contribution in [3.8, 4) is 0 Å². The minimum atomic E-state index is -0.404. The molecule has 0 aliphatic heterocycles. The lowest BCUT2D eigenvalue weighted by molar-refractivity contribution is 0.0872. The molecule has 0 aliphatic carbocycles. The summed E-state index contributed by atoms with van der Waals surface area (Å²) in [6, 6.07) is 7.06. The molecule has 0 atom stereocenters. The van der Waals surface area contributed by atoms with Crippen LogP contribution in [0.1, 0.15) is 0 Å². The van der Waals surface area contributed by atoms with E-state index in [1.54, 1.807) is 12.1 Å². The Balaban J connectivity index is 2.40. The highest BCUT2D eigenvalue weighted by atomic mass is 127. The minimum Gasteiger partial charge on any atom is -0.306 e. The van der Waals surface area contributed by atoms with Gasteiger partial charge in [-0.1, -0.05) is 12.1 Å². The molecule has 2 amide bonds. The van der Waals surface area contributed by atoms with Crippen molar-refractivity contribution in [2.24, 2.45) is 0 Å². The molecule has 1 rings (SSSR count). The van der Waals surface area contributed by atoms with Crippen LogP contribution in [-0.4, -0.2) is 12.6 Å². The molecule has 1 aromatic rings. The molecule has 1 aromatic carbocycles. The van der Waals surface area contributed by atoms with Crippen LogP contribution in [0.3, 0.4) is 0 Å². The third-order valence-corrected chi connectivity index (χ3v) is 2.12. The Labute approximate surface area is 102 Å². The van der Waals surface area contributed by atoms with Crippen molar-refractivity contribution in [1.82, 2.24) is 5.48 Å². The first-order chi connectivity index (χ1) is 7.22. The Morgan fingerprint density at radius 3 is 3.07 bits per heavy atom. The molecule has 0 heterocycles. The van der Waals surface area contributed by atoms with Crippen LogP contribution in [0, 0.1) is 3.57 Å². The highest BCUT2D eigenvalue weighted by molar-refractivity contribution is 14.1. The van der Waals surface area contributed by atoms with E-state index >= 15 is 0 Å².